The van der Waals surface area contributed by atoms with Gasteiger partial charge < -0.3 is 15.2 Å². The van der Waals surface area contributed by atoms with Crippen LogP contribution in [0.25, 0.3) is 11.1 Å². The van der Waals surface area contributed by atoms with Crippen molar-refractivity contribution in [3.8, 4) is 22.6 Å². The number of ketones is 1. The molecular weight excluding hydrogens is 414 g/mol. The van der Waals surface area contributed by atoms with E-state index < -0.39 is 11.3 Å². The summed E-state index contributed by atoms with van der Waals surface area (Å²) >= 11 is 0. The van der Waals surface area contributed by atoms with E-state index in [0.717, 1.165) is 40.8 Å². The summed E-state index contributed by atoms with van der Waals surface area (Å²) in [4.78, 5) is 25.2. The van der Waals surface area contributed by atoms with Crippen LogP contribution in [-0.2, 0) is 16.6 Å². The van der Waals surface area contributed by atoms with Crippen molar-refractivity contribution in [2.45, 2.75) is 44.4 Å². The summed E-state index contributed by atoms with van der Waals surface area (Å²) in [5.74, 6) is 1.51. The summed E-state index contributed by atoms with van der Waals surface area (Å²) in [5.41, 5.74) is 10.6. The van der Waals surface area contributed by atoms with Gasteiger partial charge in [-0.25, -0.2) is 0 Å². The first-order chi connectivity index (χ1) is 15.9. The molecule has 3 aromatic rings. The topological polar surface area (TPSA) is 78.6 Å². The number of benzene rings is 3. The van der Waals surface area contributed by atoms with Crippen molar-refractivity contribution in [3.05, 3.63) is 82.9 Å². The van der Waals surface area contributed by atoms with Gasteiger partial charge in [0, 0.05) is 14.8 Å². The second-order valence-corrected chi connectivity index (χ2v) is 9.27. The monoisotopic (exact) mass is 445 g/mol. The van der Waals surface area contributed by atoms with Gasteiger partial charge in [-0.05, 0) is 70.8 Å². The van der Waals surface area contributed by atoms with Crippen molar-refractivity contribution in [1.82, 2.24) is 0 Å². The molecule has 1 amide bonds. The Labute approximate surface area is 196 Å². The molecule has 1 saturated carbocycles. The lowest BCUT2D eigenvalue weighted by molar-refractivity contribution is -0.120. The fraction of sp³-hybridized carbons (Fsp3) is 0.286. The molecule has 0 spiro atoms. The molecule has 5 nitrogen and oxygen atoms in total. The van der Waals surface area contributed by atoms with Crippen LogP contribution in [0, 0.1) is 0 Å². The third-order valence-electron chi connectivity index (χ3n) is 6.77. The number of carbonyl (C=O) groups is 2. The quantitative estimate of drug-likeness (QED) is 0.510. The number of primary amides is 1. The van der Waals surface area contributed by atoms with Crippen LogP contribution >= 0.6 is 0 Å². The number of carbonyl (C=O) groups excluding carboxylic acids is 2. The molecule has 1 heterocycles. The van der Waals surface area contributed by atoms with E-state index in [4.69, 9.17) is 15.2 Å². The van der Waals surface area contributed by atoms with Crippen LogP contribution in [0.1, 0.15) is 62.5 Å². The maximum atomic E-state index is 13.5. The molecule has 2 N–H and O–H groups in total. The largest absolute Gasteiger partial charge is 0.454 e. The Kier molecular flexibility index (Phi) is 5.20. The predicted molar refractivity (Wildman–Crippen MR) is 131 cm³/mol. The zero-order valence-electron chi connectivity index (χ0n) is 18.9. The highest BCUT2D eigenvalue weighted by Crippen LogP contribution is 2.51. The summed E-state index contributed by atoms with van der Waals surface area (Å²) in [6, 6.07) is 19.4. The molecule has 0 saturated heterocycles. The fourth-order valence-electron chi connectivity index (χ4n) is 4.71. The number of amides is 1. The summed E-state index contributed by atoms with van der Waals surface area (Å²) in [7, 11) is 0. The third-order valence-corrected chi connectivity index (χ3v) is 6.77. The number of hydrogen-bond donors (Lipinski definition) is 1. The first kappa shape index (κ1) is 21.3. The summed E-state index contributed by atoms with van der Waals surface area (Å²) < 4.78 is 10.9. The Bertz CT molecular complexity index is 1270. The second kappa shape index (κ2) is 8.07. The summed E-state index contributed by atoms with van der Waals surface area (Å²) in [5, 5.41) is 0. The average molecular weight is 446 g/mol. The number of nitrogens with two attached hydrogens (primary N) is 1. The molecule has 172 valence electrons. The standard InChI is InChI=1S/C28H27NO4.2H2/c1-17(2)22-8-6-18(12-23(22)19-4-3-5-20(14-19)27(29)31)13-26(30)28(10-11-28)21-7-9-24-25(15-21)33-16-32-24;;/h3-9,12,14-15,17H,10-11,13,16H2,1-2H3,(H2,29,31);2*1H. The predicted octanol–water partition coefficient (Wildman–Crippen LogP) is 5.64. The summed E-state index contributed by atoms with van der Waals surface area (Å²) in [6.45, 7) is 4.50. The van der Waals surface area contributed by atoms with Gasteiger partial charge in [-0.1, -0.05) is 50.2 Å². The minimum absolute atomic E-state index is 0. The Morgan fingerprint density at radius 3 is 2.52 bits per heavy atom. The highest BCUT2D eigenvalue weighted by Gasteiger charge is 2.50. The van der Waals surface area contributed by atoms with E-state index in [1.54, 1.807) is 6.07 Å². The molecule has 0 radical (unpaired) electrons. The van der Waals surface area contributed by atoms with Crippen molar-refractivity contribution >= 4 is 11.7 Å². The van der Waals surface area contributed by atoms with Crippen LogP contribution in [0.3, 0.4) is 0 Å². The van der Waals surface area contributed by atoms with Crippen molar-refractivity contribution in [3.63, 3.8) is 0 Å². The SMILES string of the molecule is CC(C)c1ccc(CC(=O)C2(c3ccc4c(c3)OCO4)CC2)cc1-c1cccc(C(N)=O)c1.[HH].[HH]. The van der Waals surface area contributed by atoms with Crippen molar-refractivity contribution < 1.29 is 21.9 Å². The van der Waals surface area contributed by atoms with Gasteiger partial charge in [0.25, 0.3) is 0 Å². The Balaban J connectivity index is 0.00000171. The number of fused-ring (bicyclic) bond motifs is 1. The maximum Gasteiger partial charge on any atom is 0.248 e. The van der Waals surface area contributed by atoms with E-state index in [1.165, 1.54) is 5.56 Å². The Morgan fingerprint density at radius 2 is 1.79 bits per heavy atom. The lowest BCUT2D eigenvalue weighted by Gasteiger charge is -2.18. The van der Waals surface area contributed by atoms with Gasteiger partial charge in [0.1, 0.15) is 5.78 Å². The van der Waals surface area contributed by atoms with Crippen LogP contribution in [-0.4, -0.2) is 18.5 Å². The van der Waals surface area contributed by atoms with E-state index in [9.17, 15) is 9.59 Å². The van der Waals surface area contributed by atoms with Crippen LogP contribution in [0.4, 0.5) is 0 Å². The zero-order chi connectivity index (χ0) is 23.2. The highest BCUT2D eigenvalue weighted by molar-refractivity contribution is 5.96. The van der Waals surface area contributed by atoms with Gasteiger partial charge >= 0.3 is 0 Å². The molecule has 0 bridgehead atoms. The number of hydrogen-bond acceptors (Lipinski definition) is 4. The minimum Gasteiger partial charge on any atom is -0.454 e. The molecular formula is C28H31NO4. The van der Waals surface area contributed by atoms with Crippen molar-refractivity contribution in [2.75, 3.05) is 6.79 Å². The lowest BCUT2D eigenvalue weighted by Crippen LogP contribution is -2.22. The minimum atomic E-state index is -0.450. The molecule has 2 aliphatic rings. The first-order valence-corrected chi connectivity index (χ1v) is 11.3. The Hall–Kier alpha value is -3.60. The van der Waals surface area contributed by atoms with Gasteiger partial charge in [0.05, 0.1) is 5.41 Å². The molecule has 1 fully saturated rings. The molecule has 5 heteroatoms. The molecule has 5 rings (SSSR count). The van der Waals surface area contributed by atoms with Crippen molar-refractivity contribution in [1.29, 1.82) is 0 Å². The molecule has 3 aromatic carbocycles. The molecule has 1 aliphatic heterocycles. The number of ether oxygens (including phenoxy) is 2. The molecule has 0 atom stereocenters. The van der Waals surface area contributed by atoms with Gasteiger partial charge in [-0.3, -0.25) is 9.59 Å². The van der Waals surface area contributed by atoms with Crippen LogP contribution < -0.4 is 15.2 Å². The lowest BCUT2D eigenvalue weighted by atomic mass is 9.85. The number of rotatable bonds is 7. The van der Waals surface area contributed by atoms with E-state index >= 15 is 0 Å². The second-order valence-electron chi connectivity index (χ2n) is 9.27. The molecule has 1 aliphatic carbocycles. The van der Waals surface area contributed by atoms with E-state index in [2.05, 4.69) is 26.0 Å². The van der Waals surface area contributed by atoms with Crippen LogP contribution in [0.5, 0.6) is 11.5 Å². The van der Waals surface area contributed by atoms with E-state index in [1.807, 2.05) is 42.5 Å². The van der Waals surface area contributed by atoms with Gasteiger partial charge in [0.15, 0.2) is 11.5 Å². The smallest absolute Gasteiger partial charge is 0.248 e. The van der Waals surface area contributed by atoms with E-state index in [-0.39, 0.29) is 15.4 Å². The Morgan fingerprint density at radius 1 is 1.00 bits per heavy atom. The maximum absolute atomic E-state index is 13.5. The van der Waals surface area contributed by atoms with Crippen LogP contribution in [0.2, 0.25) is 0 Å². The van der Waals surface area contributed by atoms with Gasteiger partial charge in [-0.2, -0.15) is 0 Å². The number of Topliss-reactive ketones (excluding diaryl/α,β-unsaturated/α-hetero) is 1. The molecule has 0 aromatic heterocycles. The molecule has 33 heavy (non-hydrogen) atoms. The first-order valence-electron chi connectivity index (χ1n) is 11.3. The van der Waals surface area contributed by atoms with Crippen LogP contribution in [0.15, 0.2) is 60.7 Å². The average Bonchev–Trinajstić information content (AvgIpc) is 3.49. The van der Waals surface area contributed by atoms with Crippen molar-refractivity contribution in [2.24, 2.45) is 5.73 Å². The van der Waals surface area contributed by atoms with Gasteiger partial charge in [0.2, 0.25) is 12.7 Å². The normalized spacial score (nSPS) is 15.5. The fourth-order valence-corrected chi connectivity index (χ4v) is 4.71. The third kappa shape index (κ3) is 3.88. The van der Waals surface area contributed by atoms with E-state index in [0.29, 0.717) is 23.7 Å². The highest BCUT2D eigenvalue weighted by atomic mass is 16.7. The zero-order valence-corrected chi connectivity index (χ0v) is 18.9. The summed E-state index contributed by atoms with van der Waals surface area (Å²) in [6.07, 6.45) is 2.06. The molecule has 0 unspecified atom stereocenters. The van der Waals surface area contributed by atoms with Gasteiger partial charge in [-0.15, -0.1) is 0 Å².